The number of nitrogens with one attached hydrogen (secondary N) is 2. The number of aryl methyl sites for hydroxylation is 1. The standard InChI is InChI=1S/C21H19N3O3/c1-14-6-3-4-9-18(14)24-19-13-15(10-11-22-19)20(25)23-17-8-5-7-16(12-17)21(26)27-2/h3-13H,1-2H3,(H,22,24)(H,23,25). The predicted octanol–water partition coefficient (Wildman–Crippen LogP) is 4.17. The molecule has 0 aliphatic rings. The van der Waals surface area contributed by atoms with Crippen molar-refractivity contribution in [1.82, 2.24) is 4.98 Å². The van der Waals surface area contributed by atoms with Crippen LogP contribution >= 0.6 is 0 Å². The Morgan fingerprint density at radius 2 is 1.78 bits per heavy atom. The third-order valence-corrected chi connectivity index (χ3v) is 3.97. The fourth-order valence-electron chi connectivity index (χ4n) is 2.54. The zero-order chi connectivity index (χ0) is 19.2. The molecule has 0 radical (unpaired) electrons. The second-order valence-corrected chi connectivity index (χ2v) is 5.90. The maximum atomic E-state index is 12.6. The van der Waals surface area contributed by atoms with Crippen molar-refractivity contribution in [2.45, 2.75) is 6.92 Å². The van der Waals surface area contributed by atoms with Crippen molar-refractivity contribution in [3.63, 3.8) is 0 Å². The maximum Gasteiger partial charge on any atom is 0.337 e. The van der Waals surface area contributed by atoms with Gasteiger partial charge < -0.3 is 15.4 Å². The van der Waals surface area contributed by atoms with Crippen LogP contribution in [0.1, 0.15) is 26.3 Å². The van der Waals surface area contributed by atoms with Gasteiger partial charge in [0.25, 0.3) is 5.91 Å². The molecular weight excluding hydrogens is 342 g/mol. The van der Waals surface area contributed by atoms with Crippen LogP contribution in [0.15, 0.2) is 66.9 Å². The Hall–Kier alpha value is -3.67. The summed E-state index contributed by atoms with van der Waals surface area (Å²) in [6.45, 7) is 1.99. The van der Waals surface area contributed by atoms with Crippen LogP contribution in [-0.2, 0) is 4.74 Å². The highest BCUT2D eigenvalue weighted by Gasteiger charge is 2.10. The van der Waals surface area contributed by atoms with E-state index in [1.54, 1.807) is 42.6 Å². The largest absolute Gasteiger partial charge is 0.465 e. The Kier molecular flexibility index (Phi) is 5.47. The van der Waals surface area contributed by atoms with Crippen LogP contribution in [0.2, 0.25) is 0 Å². The Morgan fingerprint density at radius 3 is 2.56 bits per heavy atom. The molecule has 0 saturated heterocycles. The first kappa shape index (κ1) is 18.1. The summed E-state index contributed by atoms with van der Waals surface area (Å²) in [4.78, 5) is 28.4. The summed E-state index contributed by atoms with van der Waals surface area (Å²) in [6.07, 6.45) is 1.57. The van der Waals surface area contributed by atoms with Crippen molar-refractivity contribution in [3.05, 3.63) is 83.6 Å². The molecule has 6 nitrogen and oxygen atoms in total. The van der Waals surface area contributed by atoms with Crippen molar-refractivity contribution < 1.29 is 14.3 Å². The van der Waals surface area contributed by atoms with Gasteiger partial charge in [0.05, 0.1) is 12.7 Å². The number of hydrogen-bond acceptors (Lipinski definition) is 5. The highest BCUT2D eigenvalue weighted by Crippen LogP contribution is 2.20. The number of esters is 1. The lowest BCUT2D eigenvalue weighted by Crippen LogP contribution is -2.13. The van der Waals surface area contributed by atoms with Gasteiger partial charge in [0.2, 0.25) is 0 Å². The van der Waals surface area contributed by atoms with E-state index in [9.17, 15) is 9.59 Å². The number of aromatic nitrogens is 1. The molecule has 0 bridgehead atoms. The van der Waals surface area contributed by atoms with Crippen molar-refractivity contribution in [2.24, 2.45) is 0 Å². The molecule has 0 saturated carbocycles. The van der Waals surface area contributed by atoms with Crippen LogP contribution in [0.3, 0.4) is 0 Å². The summed E-state index contributed by atoms with van der Waals surface area (Å²) in [5.74, 6) is -0.188. The number of methoxy groups -OCH3 is 1. The van der Waals surface area contributed by atoms with Gasteiger partial charge in [-0.3, -0.25) is 4.79 Å². The van der Waals surface area contributed by atoms with E-state index in [2.05, 4.69) is 15.6 Å². The molecule has 136 valence electrons. The zero-order valence-corrected chi connectivity index (χ0v) is 15.0. The molecule has 1 amide bonds. The average molecular weight is 361 g/mol. The lowest BCUT2D eigenvalue weighted by Gasteiger charge is -2.10. The number of para-hydroxylation sites is 1. The van der Waals surface area contributed by atoms with Crippen LogP contribution in [0.4, 0.5) is 17.2 Å². The van der Waals surface area contributed by atoms with Gasteiger partial charge in [0, 0.05) is 23.1 Å². The summed E-state index contributed by atoms with van der Waals surface area (Å²) in [7, 11) is 1.31. The molecule has 2 N–H and O–H groups in total. The molecule has 3 rings (SSSR count). The van der Waals surface area contributed by atoms with Gasteiger partial charge in [-0.2, -0.15) is 0 Å². The number of carbonyl (C=O) groups excluding carboxylic acids is 2. The highest BCUT2D eigenvalue weighted by atomic mass is 16.5. The second-order valence-electron chi connectivity index (χ2n) is 5.90. The molecular formula is C21H19N3O3. The van der Waals surface area contributed by atoms with Gasteiger partial charge in [-0.25, -0.2) is 9.78 Å². The number of benzene rings is 2. The fourth-order valence-corrected chi connectivity index (χ4v) is 2.54. The Balaban J connectivity index is 1.76. The van der Waals surface area contributed by atoms with Crippen LogP contribution in [0.5, 0.6) is 0 Å². The number of hydrogen-bond donors (Lipinski definition) is 2. The molecule has 27 heavy (non-hydrogen) atoms. The van der Waals surface area contributed by atoms with E-state index < -0.39 is 5.97 Å². The number of ether oxygens (including phenoxy) is 1. The molecule has 0 unspecified atom stereocenters. The van der Waals surface area contributed by atoms with Crippen molar-refractivity contribution >= 4 is 29.1 Å². The van der Waals surface area contributed by atoms with Gasteiger partial charge in [0.15, 0.2) is 0 Å². The molecule has 6 heteroatoms. The van der Waals surface area contributed by atoms with Crippen molar-refractivity contribution in [1.29, 1.82) is 0 Å². The van der Waals surface area contributed by atoms with Crippen molar-refractivity contribution in [3.8, 4) is 0 Å². The van der Waals surface area contributed by atoms with E-state index in [1.807, 2.05) is 31.2 Å². The predicted molar refractivity (Wildman–Crippen MR) is 104 cm³/mol. The molecule has 3 aromatic rings. The molecule has 0 fully saturated rings. The average Bonchev–Trinajstić information content (AvgIpc) is 2.69. The SMILES string of the molecule is COC(=O)c1cccc(NC(=O)c2ccnc(Nc3ccccc3C)c2)c1. The van der Waals surface area contributed by atoms with Gasteiger partial charge in [-0.05, 0) is 48.9 Å². The summed E-state index contributed by atoms with van der Waals surface area (Å²) in [5.41, 5.74) is 3.33. The van der Waals surface area contributed by atoms with Gasteiger partial charge >= 0.3 is 5.97 Å². The minimum absolute atomic E-state index is 0.299. The number of anilines is 3. The topological polar surface area (TPSA) is 80.3 Å². The monoisotopic (exact) mass is 361 g/mol. The highest BCUT2D eigenvalue weighted by molar-refractivity contribution is 6.05. The zero-order valence-electron chi connectivity index (χ0n) is 15.0. The Morgan fingerprint density at radius 1 is 0.963 bits per heavy atom. The molecule has 1 aromatic heterocycles. The molecule has 0 spiro atoms. The number of pyridine rings is 1. The van der Waals surface area contributed by atoms with Crippen LogP contribution in [0.25, 0.3) is 0 Å². The number of carbonyl (C=O) groups is 2. The lowest BCUT2D eigenvalue weighted by molar-refractivity contribution is 0.0600. The van der Waals surface area contributed by atoms with E-state index in [1.165, 1.54) is 7.11 Å². The number of rotatable bonds is 5. The molecule has 0 aliphatic carbocycles. The van der Waals surface area contributed by atoms with Crippen LogP contribution in [-0.4, -0.2) is 24.0 Å². The van der Waals surface area contributed by atoms with Gasteiger partial charge in [0.1, 0.15) is 5.82 Å². The lowest BCUT2D eigenvalue weighted by atomic mass is 10.2. The number of nitrogens with zero attached hydrogens (tertiary/aromatic N) is 1. The number of amides is 1. The normalized spacial score (nSPS) is 10.1. The Bertz CT molecular complexity index is 986. The summed E-state index contributed by atoms with van der Waals surface area (Å²) >= 11 is 0. The molecule has 2 aromatic carbocycles. The fraction of sp³-hybridized carbons (Fsp3) is 0.0952. The maximum absolute atomic E-state index is 12.6. The Labute approximate surface area is 157 Å². The first-order chi connectivity index (χ1) is 13.1. The van der Waals surface area contributed by atoms with Crippen LogP contribution in [0, 0.1) is 6.92 Å². The van der Waals surface area contributed by atoms with E-state index >= 15 is 0 Å². The molecule has 0 aliphatic heterocycles. The van der Waals surface area contributed by atoms with Crippen molar-refractivity contribution in [2.75, 3.05) is 17.7 Å². The summed E-state index contributed by atoms with van der Waals surface area (Å²) in [5, 5.41) is 5.99. The van der Waals surface area contributed by atoms with Gasteiger partial charge in [-0.1, -0.05) is 24.3 Å². The quantitative estimate of drug-likeness (QED) is 0.667. The first-order valence-corrected chi connectivity index (χ1v) is 8.35. The smallest absolute Gasteiger partial charge is 0.337 e. The third kappa shape index (κ3) is 4.49. The third-order valence-electron chi connectivity index (χ3n) is 3.97. The van der Waals surface area contributed by atoms with E-state index in [0.29, 0.717) is 22.6 Å². The van der Waals surface area contributed by atoms with Crippen LogP contribution < -0.4 is 10.6 Å². The second kappa shape index (κ2) is 8.14. The van der Waals surface area contributed by atoms with E-state index in [4.69, 9.17) is 4.74 Å². The van der Waals surface area contributed by atoms with E-state index in [0.717, 1.165) is 11.3 Å². The summed E-state index contributed by atoms with van der Waals surface area (Å²) < 4.78 is 4.69. The van der Waals surface area contributed by atoms with Gasteiger partial charge in [-0.15, -0.1) is 0 Å². The van der Waals surface area contributed by atoms with E-state index in [-0.39, 0.29) is 5.91 Å². The molecule has 0 atom stereocenters. The summed E-state index contributed by atoms with van der Waals surface area (Å²) in [6, 6.07) is 17.7. The minimum atomic E-state index is -0.459. The molecule has 1 heterocycles. The minimum Gasteiger partial charge on any atom is -0.465 e. The first-order valence-electron chi connectivity index (χ1n) is 8.35.